The van der Waals surface area contributed by atoms with Crippen LogP contribution in [-0.2, 0) is 10.8 Å². The van der Waals surface area contributed by atoms with Crippen molar-refractivity contribution in [2.75, 3.05) is 4.90 Å². The van der Waals surface area contributed by atoms with Gasteiger partial charge in [0.1, 0.15) is 0 Å². The molecule has 0 unspecified atom stereocenters. The second-order valence-electron chi connectivity index (χ2n) is 19.0. The zero-order valence-electron chi connectivity index (χ0n) is 37.3. The van der Waals surface area contributed by atoms with E-state index in [1.165, 1.54) is 99.8 Å². The molecule has 0 heterocycles. The van der Waals surface area contributed by atoms with E-state index in [0.717, 1.165) is 17.1 Å². The third kappa shape index (κ3) is 6.37. The van der Waals surface area contributed by atoms with Crippen LogP contribution in [0.3, 0.4) is 0 Å². The average Bonchev–Trinajstić information content (AvgIpc) is 3.72. The monoisotopic (exact) mass is 831 g/mol. The van der Waals surface area contributed by atoms with Crippen LogP contribution in [-0.4, -0.2) is 0 Å². The van der Waals surface area contributed by atoms with Crippen LogP contribution in [0.2, 0.25) is 0 Å². The molecular weight excluding hydrogens is 783 g/mol. The molecule has 0 amide bonds. The predicted octanol–water partition coefficient (Wildman–Crippen LogP) is 17.6. The molecule has 1 nitrogen and oxygen atoms in total. The highest BCUT2D eigenvalue weighted by Gasteiger charge is 2.38. The lowest BCUT2D eigenvalue weighted by Gasteiger charge is -2.31. The van der Waals surface area contributed by atoms with E-state index in [1.807, 2.05) is 0 Å². The van der Waals surface area contributed by atoms with Crippen LogP contribution in [0.25, 0.3) is 77.5 Å². The molecule has 0 bridgehead atoms. The van der Waals surface area contributed by atoms with E-state index in [1.54, 1.807) is 0 Å². The maximum absolute atomic E-state index is 2.50. The number of fused-ring (bicyclic) bond motifs is 7. The molecule has 2 aliphatic carbocycles. The van der Waals surface area contributed by atoms with Crippen molar-refractivity contribution in [1.29, 1.82) is 0 Å². The smallest absolute Gasteiger partial charge is 0.0540 e. The van der Waals surface area contributed by atoms with E-state index in [0.29, 0.717) is 0 Å². The Morgan fingerprint density at radius 2 is 0.646 bits per heavy atom. The zero-order valence-corrected chi connectivity index (χ0v) is 37.3. The second-order valence-corrected chi connectivity index (χ2v) is 19.0. The van der Waals surface area contributed by atoms with E-state index in [-0.39, 0.29) is 10.8 Å². The van der Waals surface area contributed by atoms with Gasteiger partial charge in [0.2, 0.25) is 0 Å². The Labute approximate surface area is 383 Å². The quantitative estimate of drug-likeness (QED) is 0.155. The minimum atomic E-state index is -0.213. The second kappa shape index (κ2) is 14.9. The van der Waals surface area contributed by atoms with Gasteiger partial charge >= 0.3 is 0 Å². The summed E-state index contributed by atoms with van der Waals surface area (Å²) in [5, 5.41) is 2.53. The summed E-state index contributed by atoms with van der Waals surface area (Å²) in [6, 6.07) is 83.3. The Balaban J connectivity index is 0.953. The summed E-state index contributed by atoms with van der Waals surface area (Å²) in [5.41, 5.74) is 23.6. The minimum absolute atomic E-state index is 0.209. The minimum Gasteiger partial charge on any atom is -0.310 e. The van der Waals surface area contributed by atoms with E-state index in [9.17, 15) is 0 Å². The summed E-state index contributed by atoms with van der Waals surface area (Å²) in [6.07, 6.45) is 0. The molecule has 12 rings (SSSR count). The highest BCUT2D eigenvalue weighted by atomic mass is 15.1. The zero-order chi connectivity index (χ0) is 43.9. The van der Waals surface area contributed by atoms with E-state index < -0.39 is 0 Å². The molecular formula is C64H49N. The first-order valence-corrected chi connectivity index (χ1v) is 22.9. The molecule has 310 valence electrons. The maximum atomic E-state index is 2.50. The van der Waals surface area contributed by atoms with Crippen LogP contribution in [0.1, 0.15) is 49.9 Å². The van der Waals surface area contributed by atoms with Crippen molar-refractivity contribution < 1.29 is 0 Å². The van der Waals surface area contributed by atoms with Gasteiger partial charge in [-0.15, -0.1) is 0 Å². The van der Waals surface area contributed by atoms with Gasteiger partial charge in [-0.1, -0.05) is 204 Å². The highest BCUT2D eigenvalue weighted by Crippen LogP contribution is 2.55. The number of anilines is 3. The lowest BCUT2D eigenvalue weighted by Crippen LogP contribution is -2.18. The maximum Gasteiger partial charge on any atom is 0.0540 e. The van der Waals surface area contributed by atoms with Gasteiger partial charge in [-0.2, -0.15) is 0 Å². The SMILES string of the molecule is CC1(C)c2cc(-c3ccc(-c4ccccc4)cc3)ccc2-c2ccc(N(c3ccc4c(c3)C(C)(C)c3cc(-c5ccc6ccccc6c5)ccc3-4)c3ccccc3-c3ccccc3)cc21. The Morgan fingerprint density at radius 1 is 0.262 bits per heavy atom. The number of para-hydroxylation sites is 1. The first kappa shape index (κ1) is 38.9. The summed E-state index contributed by atoms with van der Waals surface area (Å²) >= 11 is 0. The van der Waals surface area contributed by atoms with Gasteiger partial charge in [0.05, 0.1) is 5.69 Å². The summed E-state index contributed by atoms with van der Waals surface area (Å²) in [6.45, 7) is 9.59. The first-order chi connectivity index (χ1) is 31.7. The third-order valence-electron chi connectivity index (χ3n) is 14.5. The molecule has 0 N–H and O–H groups in total. The number of rotatable bonds is 7. The van der Waals surface area contributed by atoms with Gasteiger partial charge in [-0.3, -0.25) is 0 Å². The molecule has 0 saturated carbocycles. The number of hydrogen-bond donors (Lipinski definition) is 0. The molecule has 10 aromatic rings. The summed E-state index contributed by atoms with van der Waals surface area (Å²) in [5.74, 6) is 0. The number of nitrogens with zero attached hydrogens (tertiary/aromatic N) is 1. The molecule has 0 fully saturated rings. The Morgan fingerprint density at radius 3 is 1.23 bits per heavy atom. The largest absolute Gasteiger partial charge is 0.310 e. The first-order valence-electron chi connectivity index (χ1n) is 22.9. The number of benzene rings is 10. The normalized spacial score (nSPS) is 13.8. The summed E-state index contributed by atoms with van der Waals surface area (Å²) in [4.78, 5) is 2.50. The topological polar surface area (TPSA) is 3.24 Å². The standard InChI is InChI=1S/C64H49N/c1-63(2)58-38-49(45-25-23-44(24-26-45)42-15-7-5-8-16-42)29-33-54(58)56-35-31-51(40-60(56)63)65(62-22-14-13-21-53(62)46-18-9-6-10-19-46)52-32-36-57-55-34-30-50(39-59(55)64(3,4)61(57)41-52)48-28-27-43-17-11-12-20-47(43)37-48/h5-41H,1-4H3. The van der Waals surface area contributed by atoms with Gasteiger partial charge in [0.15, 0.2) is 0 Å². The van der Waals surface area contributed by atoms with Crippen LogP contribution in [0.5, 0.6) is 0 Å². The molecule has 0 radical (unpaired) electrons. The van der Waals surface area contributed by atoms with E-state index in [2.05, 4.69) is 257 Å². The highest BCUT2D eigenvalue weighted by molar-refractivity contribution is 5.94. The average molecular weight is 832 g/mol. The van der Waals surface area contributed by atoms with Crippen molar-refractivity contribution in [2.45, 2.75) is 38.5 Å². The van der Waals surface area contributed by atoms with Crippen molar-refractivity contribution in [3.8, 4) is 66.8 Å². The molecule has 0 atom stereocenters. The van der Waals surface area contributed by atoms with Crippen LogP contribution < -0.4 is 4.90 Å². The molecule has 0 saturated heterocycles. The van der Waals surface area contributed by atoms with Gasteiger partial charge in [-0.25, -0.2) is 0 Å². The van der Waals surface area contributed by atoms with E-state index in [4.69, 9.17) is 0 Å². The van der Waals surface area contributed by atoms with Crippen LogP contribution in [0.4, 0.5) is 17.1 Å². The van der Waals surface area contributed by atoms with Crippen LogP contribution >= 0.6 is 0 Å². The fourth-order valence-corrected chi connectivity index (χ4v) is 10.9. The Kier molecular flexibility index (Phi) is 8.94. The van der Waals surface area contributed by atoms with Crippen molar-refractivity contribution in [1.82, 2.24) is 0 Å². The number of hydrogen-bond acceptors (Lipinski definition) is 1. The molecule has 0 spiro atoms. The molecule has 0 aromatic heterocycles. The van der Waals surface area contributed by atoms with Crippen LogP contribution in [0, 0.1) is 0 Å². The van der Waals surface area contributed by atoms with Crippen molar-refractivity contribution >= 4 is 27.8 Å². The molecule has 10 aromatic carbocycles. The van der Waals surface area contributed by atoms with Crippen molar-refractivity contribution in [2.24, 2.45) is 0 Å². The van der Waals surface area contributed by atoms with Crippen molar-refractivity contribution in [3.63, 3.8) is 0 Å². The summed E-state index contributed by atoms with van der Waals surface area (Å²) in [7, 11) is 0. The fraction of sp³-hybridized carbons (Fsp3) is 0.0938. The van der Waals surface area contributed by atoms with Gasteiger partial charge in [0, 0.05) is 27.8 Å². The van der Waals surface area contributed by atoms with Gasteiger partial charge in [-0.05, 0) is 143 Å². The molecule has 2 aliphatic rings. The Bertz CT molecular complexity index is 3460. The fourth-order valence-electron chi connectivity index (χ4n) is 10.9. The molecule has 0 aliphatic heterocycles. The van der Waals surface area contributed by atoms with E-state index >= 15 is 0 Å². The lowest BCUT2D eigenvalue weighted by molar-refractivity contribution is 0.660. The van der Waals surface area contributed by atoms with Gasteiger partial charge < -0.3 is 4.90 Å². The van der Waals surface area contributed by atoms with Crippen LogP contribution in [0.15, 0.2) is 224 Å². The summed E-state index contributed by atoms with van der Waals surface area (Å²) < 4.78 is 0. The molecule has 65 heavy (non-hydrogen) atoms. The lowest BCUT2D eigenvalue weighted by atomic mass is 9.81. The van der Waals surface area contributed by atoms with Gasteiger partial charge in [0.25, 0.3) is 0 Å². The third-order valence-corrected chi connectivity index (χ3v) is 14.5. The molecule has 1 heteroatoms. The predicted molar refractivity (Wildman–Crippen MR) is 276 cm³/mol. The Hall–Kier alpha value is -7.74. The van der Waals surface area contributed by atoms with Crippen molar-refractivity contribution in [3.05, 3.63) is 247 Å².